The molecule has 2 heterocycles. The summed E-state index contributed by atoms with van der Waals surface area (Å²) in [5.74, 6) is -0.370. The molecule has 3 N–H and O–H groups in total. The van der Waals surface area contributed by atoms with Gasteiger partial charge in [-0.3, -0.25) is 0 Å². The van der Waals surface area contributed by atoms with Gasteiger partial charge < -0.3 is 15.5 Å². The van der Waals surface area contributed by atoms with E-state index in [1.54, 1.807) is 12.1 Å². The Balaban J connectivity index is 2.04. The van der Waals surface area contributed by atoms with Crippen LogP contribution >= 0.6 is 11.6 Å². The lowest BCUT2D eigenvalue weighted by Crippen LogP contribution is -1.98. The van der Waals surface area contributed by atoms with Gasteiger partial charge in [-0.25, -0.2) is 9.37 Å². The van der Waals surface area contributed by atoms with Gasteiger partial charge in [0.15, 0.2) is 11.6 Å². The average Bonchev–Trinajstić information content (AvgIpc) is 2.73. The van der Waals surface area contributed by atoms with Crippen molar-refractivity contribution >= 4 is 28.5 Å². The van der Waals surface area contributed by atoms with Gasteiger partial charge in [0.25, 0.3) is 0 Å². The number of halogens is 2. The molecule has 0 fully saturated rings. The number of hydrogen-bond donors (Lipinski definition) is 2. The quantitative estimate of drug-likeness (QED) is 0.709. The maximum atomic E-state index is 14.3. The summed E-state index contributed by atoms with van der Waals surface area (Å²) in [4.78, 5) is 10.6. The van der Waals surface area contributed by atoms with Crippen LogP contribution in [0.15, 0.2) is 24.3 Å². The summed E-state index contributed by atoms with van der Waals surface area (Å²) in [5, 5.41) is 0.583. The summed E-state index contributed by atoms with van der Waals surface area (Å²) in [6.45, 7) is 1.85. The van der Waals surface area contributed by atoms with Crippen LogP contribution < -0.4 is 10.5 Å². The number of nitrogens with zero attached hydrogens (tertiary/aromatic N) is 2. The third-order valence-corrected chi connectivity index (χ3v) is 2.93. The van der Waals surface area contributed by atoms with Gasteiger partial charge in [0, 0.05) is 22.7 Å². The van der Waals surface area contributed by atoms with Crippen molar-refractivity contribution in [3.05, 3.63) is 40.9 Å². The predicted molar refractivity (Wildman–Crippen MR) is 74.5 cm³/mol. The van der Waals surface area contributed by atoms with Crippen molar-refractivity contribution in [3.63, 3.8) is 0 Å². The molecule has 0 aliphatic carbocycles. The summed E-state index contributed by atoms with van der Waals surface area (Å²) in [6.07, 6.45) is 0. The lowest BCUT2D eigenvalue weighted by Gasteiger charge is -2.07. The molecule has 0 unspecified atom stereocenters. The highest BCUT2D eigenvalue weighted by molar-refractivity contribution is 6.29. The molecule has 0 saturated carbocycles. The second-order valence-electron chi connectivity index (χ2n) is 4.28. The van der Waals surface area contributed by atoms with Crippen molar-refractivity contribution in [3.8, 4) is 11.6 Å². The molecule has 1 aromatic carbocycles. The summed E-state index contributed by atoms with van der Waals surface area (Å²) in [7, 11) is 0. The van der Waals surface area contributed by atoms with Crippen LogP contribution in [0, 0.1) is 12.7 Å². The van der Waals surface area contributed by atoms with Crippen molar-refractivity contribution in [1.82, 2.24) is 15.0 Å². The molecule has 0 spiro atoms. The first-order valence-corrected chi connectivity index (χ1v) is 6.16. The van der Waals surface area contributed by atoms with Crippen LogP contribution in [0.25, 0.3) is 10.9 Å². The molecule has 3 rings (SSSR count). The Kier molecular flexibility index (Phi) is 2.94. The van der Waals surface area contributed by atoms with Gasteiger partial charge >= 0.3 is 0 Å². The number of nitrogens with one attached hydrogen (secondary N) is 1. The topological polar surface area (TPSA) is 76.8 Å². The zero-order valence-corrected chi connectivity index (χ0v) is 11.2. The normalized spacial score (nSPS) is 10.9. The highest BCUT2D eigenvalue weighted by atomic mass is 35.5. The van der Waals surface area contributed by atoms with Crippen LogP contribution in [0.4, 0.5) is 10.3 Å². The number of H-pyrrole nitrogens is 1. The number of fused-ring (bicyclic) bond motifs is 1. The molecule has 3 aromatic rings. The fraction of sp³-hybridized carbons (Fsp3) is 0.0769. The SMILES string of the molecule is Cc1cc2c(F)c(Oc3cc(Cl)nc(N)n3)ccc2[nH]1. The Morgan fingerprint density at radius 3 is 2.85 bits per heavy atom. The maximum absolute atomic E-state index is 14.3. The van der Waals surface area contributed by atoms with E-state index in [1.165, 1.54) is 12.1 Å². The Morgan fingerprint density at radius 1 is 1.30 bits per heavy atom. The number of ether oxygens (including phenoxy) is 1. The molecular weight excluding hydrogens is 283 g/mol. The van der Waals surface area contributed by atoms with Gasteiger partial charge in [-0.2, -0.15) is 4.98 Å². The zero-order chi connectivity index (χ0) is 14.3. The van der Waals surface area contributed by atoms with Gasteiger partial charge in [0.1, 0.15) is 5.15 Å². The molecule has 20 heavy (non-hydrogen) atoms. The summed E-state index contributed by atoms with van der Waals surface area (Å²) >= 11 is 5.74. The van der Waals surface area contributed by atoms with E-state index >= 15 is 0 Å². The van der Waals surface area contributed by atoms with Crippen molar-refractivity contribution in [2.75, 3.05) is 5.73 Å². The third kappa shape index (κ3) is 2.25. The Labute approximate surface area is 118 Å². The van der Waals surface area contributed by atoms with E-state index in [1.807, 2.05) is 6.92 Å². The molecule has 0 aliphatic rings. The third-order valence-electron chi connectivity index (χ3n) is 2.74. The Bertz CT molecular complexity index is 782. The number of anilines is 1. The van der Waals surface area contributed by atoms with E-state index in [4.69, 9.17) is 22.1 Å². The Hall–Kier alpha value is -2.34. The summed E-state index contributed by atoms with van der Waals surface area (Å²) in [6, 6.07) is 6.31. The van der Waals surface area contributed by atoms with Crippen molar-refractivity contribution in [2.24, 2.45) is 0 Å². The molecule has 0 bridgehead atoms. The largest absolute Gasteiger partial charge is 0.436 e. The lowest BCUT2D eigenvalue weighted by atomic mass is 10.2. The van der Waals surface area contributed by atoms with E-state index in [0.717, 1.165) is 5.69 Å². The minimum absolute atomic E-state index is 0.0357. The number of aryl methyl sites for hydroxylation is 1. The predicted octanol–water partition coefficient (Wildman–Crippen LogP) is 3.43. The van der Waals surface area contributed by atoms with E-state index < -0.39 is 5.82 Å². The molecule has 0 aliphatic heterocycles. The molecule has 7 heteroatoms. The first-order chi connectivity index (χ1) is 9.52. The van der Waals surface area contributed by atoms with E-state index in [9.17, 15) is 4.39 Å². The fourth-order valence-corrected chi connectivity index (χ4v) is 2.13. The Morgan fingerprint density at radius 2 is 2.10 bits per heavy atom. The molecule has 0 saturated heterocycles. The minimum Gasteiger partial charge on any atom is -0.436 e. The smallest absolute Gasteiger partial charge is 0.225 e. The van der Waals surface area contributed by atoms with Gasteiger partial charge in [-0.1, -0.05) is 11.6 Å². The summed E-state index contributed by atoms with van der Waals surface area (Å²) in [5.41, 5.74) is 7.03. The zero-order valence-electron chi connectivity index (χ0n) is 10.4. The molecular formula is C13H10ClFN4O. The van der Waals surface area contributed by atoms with Gasteiger partial charge in [-0.05, 0) is 25.1 Å². The number of aromatic amines is 1. The minimum atomic E-state index is -0.472. The van der Waals surface area contributed by atoms with Crippen LogP contribution in [0.2, 0.25) is 5.15 Å². The molecule has 5 nitrogen and oxygen atoms in total. The van der Waals surface area contributed by atoms with Crippen LogP contribution in [-0.4, -0.2) is 15.0 Å². The maximum Gasteiger partial charge on any atom is 0.225 e. The highest BCUT2D eigenvalue weighted by Gasteiger charge is 2.12. The number of nitrogen functional groups attached to an aromatic ring is 1. The first-order valence-electron chi connectivity index (χ1n) is 5.78. The van der Waals surface area contributed by atoms with Gasteiger partial charge in [-0.15, -0.1) is 0 Å². The van der Waals surface area contributed by atoms with Crippen LogP contribution in [0.3, 0.4) is 0 Å². The van der Waals surface area contributed by atoms with E-state index in [-0.39, 0.29) is 22.7 Å². The van der Waals surface area contributed by atoms with Crippen molar-refractivity contribution < 1.29 is 9.13 Å². The van der Waals surface area contributed by atoms with E-state index in [0.29, 0.717) is 10.9 Å². The van der Waals surface area contributed by atoms with Crippen LogP contribution in [0.1, 0.15) is 5.69 Å². The lowest BCUT2D eigenvalue weighted by molar-refractivity contribution is 0.430. The standard InChI is InChI=1S/C13H10ClFN4O/c1-6-4-7-8(17-6)2-3-9(12(7)15)20-11-5-10(14)18-13(16)19-11/h2-5,17H,1H3,(H2,16,18,19). The number of hydrogen-bond acceptors (Lipinski definition) is 4. The van der Waals surface area contributed by atoms with Gasteiger partial charge in [0.05, 0.1) is 0 Å². The van der Waals surface area contributed by atoms with E-state index in [2.05, 4.69) is 15.0 Å². The average molecular weight is 293 g/mol. The van der Waals surface area contributed by atoms with Gasteiger partial charge in [0.2, 0.25) is 11.8 Å². The molecule has 0 amide bonds. The molecule has 102 valence electrons. The monoisotopic (exact) mass is 292 g/mol. The first kappa shape index (κ1) is 12.7. The van der Waals surface area contributed by atoms with Crippen molar-refractivity contribution in [2.45, 2.75) is 6.92 Å². The second kappa shape index (κ2) is 4.64. The second-order valence-corrected chi connectivity index (χ2v) is 4.67. The van der Waals surface area contributed by atoms with Crippen molar-refractivity contribution in [1.29, 1.82) is 0 Å². The fourth-order valence-electron chi connectivity index (χ4n) is 1.95. The molecule has 2 aromatic heterocycles. The molecule has 0 radical (unpaired) electrons. The van der Waals surface area contributed by atoms with Crippen LogP contribution in [0.5, 0.6) is 11.6 Å². The highest BCUT2D eigenvalue weighted by Crippen LogP contribution is 2.30. The van der Waals surface area contributed by atoms with Crippen LogP contribution in [-0.2, 0) is 0 Å². The number of benzene rings is 1. The number of aromatic nitrogens is 3. The number of rotatable bonds is 2. The molecule has 0 atom stereocenters. The summed E-state index contributed by atoms with van der Waals surface area (Å²) < 4.78 is 19.7. The number of nitrogens with two attached hydrogens (primary N) is 1.